The van der Waals surface area contributed by atoms with E-state index in [-0.39, 0.29) is 12.8 Å². The van der Waals surface area contributed by atoms with Crippen molar-refractivity contribution in [3.8, 4) is 0 Å². The number of halogens is 3. The molecule has 0 aliphatic carbocycles. The van der Waals surface area contributed by atoms with Gasteiger partial charge in [-0.25, -0.2) is 0 Å². The predicted octanol–water partition coefficient (Wildman–Crippen LogP) is 2.03. The average Bonchev–Trinajstić information content (AvgIpc) is 2.54. The largest absolute Gasteiger partial charge is 0.481 e. The predicted molar refractivity (Wildman–Crippen MR) is 80.1 cm³/mol. The monoisotopic (exact) mass is 344 g/mol. The zero-order valence-corrected chi connectivity index (χ0v) is 13.0. The molecule has 0 aromatic heterocycles. The molecule has 0 saturated carbocycles. The van der Waals surface area contributed by atoms with Gasteiger partial charge in [0, 0.05) is 13.1 Å². The number of rotatable bonds is 5. The van der Waals surface area contributed by atoms with Crippen molar-refractivity contribution < 1.29 is 27.9 Å². The van der Waals surface area contributed by atoms with Gasteiger partial charge >= 0.3 is 18.1 Å². The van der Waals surface area contributed by atoms with Crippen molar-refractivity contribution in [2.75, 3.05) is 19.6 Å². The Kier molecular flexibility index (Phi) is 5.48. The summed E-state index contributed by atoms with van der Waals surface area (Å²) in [5, 5.41) is 11.1. The summed E-state index contributed by atoms with van der Waals surface area (Å²) in [5.41, 5.74) is -0.264. The number of carboxylic acids is 1. The van der Waals surface area contributed by atoms with Crippen molar-refractivity contribution in [3.63, 3.8) is 0 Å². The molecule has 132 valence electrons. The molecule has 0 spiro atoms. The van der Waals surface area contributed by atoms with Crippen LogP contribution in [-0.4, -0.2) is 47.7 Å². The minimum atomic E-state index is -5.01. The number of carbonyl (C=O) groups excluding carboxylic acids is 1. The molecule has 5 nitrogen and oxygen atoms in total. The highest BCUT2D eigenvalue weighted by Gasteiger charge is 2.45. The van der Waals surface area contributed by atoms with Gasteiger partial charge in [-0.2, -0.15) is 13.2 Å². The van der Waals surface area contributed by atoms with E-state index in [9.17, 15) is 27.9 Å². The highest BCUT2D eigenvalue weighted by atomic mass is 19.4. The number of likely N-dealkylation sites (tertiary alicyclic amines) is 1. The third kappa shape index (κ3) is 4.47. The molecule has 24 heavy (non-hydrogen) atoms. The second kappa shape index (κ2) is 7.21. The van der Waals surface area contributed by atoms with E-state index in [0.29, 0.717) is 19.6 Å². The first-order chi connectivity index (χ1) is 11.2. The van der Waals surface area contributed by atoms with Gasteiger partial charge in [-0.15, -0.1) is 0 Å². The van der Waals surface area contributed by atoms with Gasteiger partial charge in [0.05, 0.1) is 5.41 Å². The Bertz CT molecular complexity index is 582. The lowest BCUT2D eigenvalue weighted by molar-refractivity contribution is -0.175. The van der Waals surface area contributed by atoms with Crippen molar-refractivity contribution in [2.24, 2.45) is 5.41 Å². The Morgan fingerprint density at radius 2 is 1.75 bits per heavy atom. The molecule has 1 aliphatic rings. The minimum Gasteiger partial charge on any atom is -0.481 e. The Morgan fingerprint density at radius 3 is 2.25 bits per heavy atom. The molecule has 1 fully saturated rings. The second-order valence-corrected chi connectivity index (χ2v) is 6.03. The molecule has 0 unspecified atom stereocenters. The van der Waals surface area contributed by atoms with Crippen molar-refractivity contribution in [1.29, 1.82) is 0 Å². The van der Waals surface area contributed by atoms with E-state index in [2.05, 4.69) is 4.90 Å². The van der Waals surface area contributed by atoms with Crippen molar-refractivity contribution in [3.05, 3.63) is 35.9 Å². The normalized spacial score (nSPS) is 18.1. The molecule has 2 N–H and O–H groups in total. The molecule has 0 atom stereocenters. The lowest BCUT2D eigenvalue weighted by Gasteiger charge is -2.39. The van der Waals surface area contributed by atoms with E-state index < -0.39 is 30.0 Å². The smallest absolute Gasteiger partial charge is 0.471 e. The number of carbonyl (C=O) groups is 2. The summed E-state index contributed by atoms with van der Waals surface area (Å²) in [6.45, 7) is 1.04. The van der Waals surface area contributed by atoms with E-state index in [4.69, 9.17) is 0 Å². The van der Waals surface area contributed by atoms with Crippen LogP contribution >= 0.6 is 0 Å². The summed E-state index contributed by atoms with van der Waals surface area (Å²) >= 11 is 0. The average molecular weight is 344 g/mol. The lowest BCUT2D eigenvalue weighted by Crippen LogP contribution is -2.52. The van der Waals surface area contributed by atoms with Gasteiger partial charge in [0.2, 0.25) is 0 Å². The topological polar surface area (TPSA) is 69.6 Å². The Morgan fingerprint density at radius 1 is 1.17 bits per heavy atom. The molecule has 0 bridgehead atoms. The van der Waals surface area contributed by atoms with Gasteiger partial charge in [0.25, 0.3) is 0 Å². The lowest BCUT2D eigenvalue weighted by atomic mass is 9.78. The number of aliphatic carboxylic acids is 1. The SMILES string of the molecule is O=C(NCC1(C(=O)O)CCN(Cc2ccccc2)CC1)C(F)(F)F. The van der Waals surface area contributed by atoms with Crippen LogP contribution in [0.25, 0.3) is 0 Å². The molecule has 1 amide bonds. The van der Waals surface area contributed by atoms with E-state index in [1.165, 1.54) is 0 Å². The molecule has 1 aromatic carbocycles. The summed E-state index contributed by atoms with van der Waals surface area (Å²) in [4.78, 5) is 24.5. The highest BCUT2D eigenvalue weighted by Crippen LogP contribution is 2.32. The zero-order valence-electron chi connectivity index (χ0n) is 13.0. The third-order valence-corrected chi connectivity index (χ3v) is 4.36. The van der Waals surface area contributed by atoms with Gasteiger partial charge in [-0.1, -0.05) is 30.3 Å². The van der Waals surface area contributed by atoms with E-state index in [1.807, 2.05) is 30.3 Å². The number of piperidine rings is 1. The summed E-state index contributed by atoms with van der Waals surface area (Å²) < 4.78 is 36.8. The standard InChI is InChI=1S/C16H19F3N2O3/c17-16(18,19)13(22)20-11-15(14(23)24)6-8-21(9-7-15)10-12-4-2-1-3-5-12/h1-5H,6-11H2,(H,20,22)(H,23,24). The molecule has 0 radical (unpaired) electrons. The second-order valence-electron chi connectivity index (χ2n) is 6.03. The highest BCUT2D eigenvalue weighted by molar-refractivity contribution is 5.83. The maximum Gasteiger partial charge on any atom is 0.471 e. The van der Waals surface area contributed by atoms with Crippen LogP contribution in [0.4, 0.5) is 13.2 Å². The summed E-state index contributed by atoms with van der Waals surface area (Å²) in [6.07, 6.45) is -4.63. The summed E-state index contributed by atoms with van der Waals surface area (Å²) in [5.74, 6) is -3.28. The first kappa shape index (κ1) is 18.3. The van der Waals surface area contributed by atoms with Crippen molar-refractivity contribution >= 4 is 11.9 Å². The molecule has 1 saturated heterocycles. The molecular formula is C16H19F3N2O3. The van der Waals surface area contributed by atoms with Crippen LogP contribution < -0.4 is 5.32 Å². The molecule has 1 aliphatic heterocycles. The van der Waals surface area contributed by atoms with Gasteiger partial charge in [0.1, 0.15) is 0 Å². The fourth-order valence-corrected chi connectivity index (χ4v) is 2.80. The van der Waals surface area contributed by atoms with Crippen molar-refractivity contribution in [1.82, 2.24) is 10.2 Å². The fourth-order valence-electron chi connectivity index (χ4n) is 2.80. The van der Waals surface area contributed by atoms with Crippen LogP contribution in [0.5, 0.6) is 0 Å². The Hall–Kier alpha value is -2.09. The van der Waals surface area contributed by atoms with Gasteiger partial charge in [-0.3, -0.25) is 14.5 Å². The first-order valence-electron chi connectivity index (χ1n) is 7.58. The molecule has 1 heterocycles. The number of alkyl halides is 3. The number of benzene rings is 1. The molecule has 2 rings (SSSR count). The van der Waals surface area contributed by atoms with E-state index in [1.54, 1.807) is 5.32 Å². The Balaban J connectivity index is 1.94. The quantitative estimate of drug-likeness (QED) is 0.858. The third-order valence-electron chi connectivity index (χ3n) is 4.36. The van der Waals surface area contributed by atoms with Crippen LogP contribution in [-0.2, 0) is 16.1 Å². The first-order valence-corrected chi connectivity index (χ1v) is 7.58. The number of hydrogen-bond donors (Lipinski definition) is 2. The van der Waals surface area contributed by atoms with Crippen molar-refractivity contribution in [2.45, 2.75) is 25.6 Å². The maximum absolute atomic E-state index is 12.3. The number of nitrogens with zero attached hydrogens (tertiary/aromatic N) is 1. The fraction of sp³-hybridized carbons (Fsp3) is 0.500. The Labute approximate surface area is 137 Å². The van der Waals surface area contributed by atoms with E-state index >= 15 is 0 Å². The van der Waals surface area contributed by atoms with Gasteiger partial charge < -0.3 is 10.4 Å². The number of carboxylic acid groups (broad SMARTS) is 1. The summed E-state index contributed by atoms with van der Waals surface area (Å²) in [6, 6.07) is 9.64. The maximum atomic E-state index is 12.3. The zero-order chi connectivity index (χ0) is 17.8. The number of amides is 1. The van der Waals surface area contributed by atoms with E-state index in [0.717, 1.165) is 5.56 Å². The van der Waals surface area contributed by atoms with Crippen LogP contribution in [0, 0.1) is 5.41 Å². The summed E-state index contributed by atoms with van der Waals surface area (Å²) in [7, 11) is 0. The number of hydrogen-bond acceptors (Lipinski definition) is 3. The van der Waals surface area contributed by atoms with Gasteiger partial charge in [-0.05, 0) is 31.5 Å². The van der Waals surface area contributed by atoms with Gasteiger partial charge in [0.15, 0.2) is 0 Å². The molecular weight excluding hydrogens is 325 g/mol. The van der Waals surface area contributed by atoms with Crippen LogP contribution in [0.1, 0.15) is 18.4 Å². The van der Waals surface area contributed by atoms with Crippen LogP contribution in [0.3, 0.4) is 0 Å². The number of nitrogens with one attached hydrogen (secondary N) is 1. The minimum absolute atomic E-state index is 0.188. The van der Waals surface area contributed by atoms with Crippen LogP contribution in [0.15, 0.2) is 30.3 Å². The van der Waals surface area contributed by atoms with Crippen LogP contribution in [0.2, 0.25) is 0 Å². The molecule has 1 aromatic rings. The molecule has 8 heteroatoms.